The minimum atomic E-state index is -4.46. The van der Waals surface area contributed by atoms with E-state index in [0.717, 1.165) is 16.8 Å². The van der Waals surface area contributed by atoms with Crippen molar-refractivity contribution in [2.24, 2.45) is 0 Å². The van der Waals surface area contributed by atoms with Crippen LogP contribution >= 0.6 is 0 Å². The van der Waals surface area contributed by atoms with Gasteiger partial charge in [-0.05, 0) is 29.0 Å². The molecule has 130 valence electrons. The van der Waals surface area contributed by atoms with Crippen LogP contribution in [0.15, 0.2) is 66.7 Å². The SMILES string of the molecule is O=C(NCC#Cc1ccccc1C(F)(F)F)c1cccc2ccccc12. The third-order valence-corrected chi connectivity index (χ3v) is 3.83. The Bertz CT molecular complexity index is 1010. The fraction of sp³-hybridized carbons (Fsp3) is 0.0952. The number of halogens is 3. The molecule has 26 heavy (non-hydrogen) atoms. The average molecular weight is 353 g/mol. The molecule has 0 aliphatic rings. The number of benzene rings is 3. The van der Waals surface area contributed by atoms with Gasteiger partial charge in [0.1, 0.15) is 0 Å². The first-order valence-corrected chi connectivity index (χ1v) is 7.88. The van der Waals surface area contributed by atoms with E-state index in [9.17, 15) is 18.0 Å². The molecule has 5 heteroatoms. The molecule has 0 saturated heterocycles. The molecular formula is C21H14F3NO. The third kappa shape index (κ3) is 3.86. The molecule has 0 aliphatic heterocycles. The number of alkyl halides is 3. The quantitative estimate of drug-likeness (QED) is 0.668. The Hall–Kier alpha value is -3.26. The zero-order valence-electron chi connectivity index (χ0n) is 13.6. The third-order valence-electron chi connectivity index (χ3n) is 3.83. The van der Waals surface area contributed by atoms with E-state index in [4.69, 9.17) is 0 Å². The first-order chi connectivity index (χ1) is 12.5. The van der Waals surface area contributed by atoms with Gasteiger partial charge in [-0.3, -0.25) is 4.79 Å². The first-order valence-electron chi connectivity index (χ1n) is 7.88. The molecule has 0 saturated carbocycles. The molecule has 3 aromatic rings. The van der Waals surface area contributed by atoms with E-state index in [0.29, 0.717) is 5.56 Å². The molecule has 3 aromatic carbocycles. The smallest absolute Gasteiger partial charge is 0.341 e. The number of rotatable bonds is 2. The van der Waals surface area contributed by atoms with E-state index in [1.165, 1.54) is 18.2 Å². The van der Waals surface area contributed by atoms with Crippen molar-refractivity contribution < 1.29 is 18.0 Å². The maximum Gasteiger partial charge on any atom is 0.417 e. The summed E-state index contributed by atoms with van der Waals surface area (Å²) in [4.78, 5) is 12.3. The monoisotopic (exact) mass is 353 g/mol. The molecule has 0 radical (unpaired) electrons. The van der Waals surface area contributed by atoms with Crippen molar-refractivity contribution in [3.05, 3.63) is 83.4 Å². The molecular weight excluding hydrogens is 339 g/mol. The second-order valence-corrected chi connectivity index (χ2v) is 5.55. The molecule has 1 amide bonds. The van der Waals surface area contributed by atoms with Crippen LogP contribution < -0.4 is 5.32 Å². The van der Waals surface area contributed by atoms with Crippen molar-refractivity contribution in [3.8, 4) is 11.8 Å². The van der Waals surface area contributed by atoms with Gasteiger partial charge in [-0.15, -0.1) is 0 Å². The van der Waals surface area contributed by atoms with Gasteiger partial charge in [0.25, 0.3) is 5.91 Å². The van der Waals surface area contributed by atoms with Crippen LogP contribution in [0.3, 0.4) is 0 Å². The Balaban J connectivity index is 1.74. The van der Waals surface area contributed by atoms with E-state index in [2.05, 4.69) is 17.2 Å². The molecule has 0 fully saturated rings. The van der Waals surface area contributed by atoms with Gasteiger partial charge < -0.3 is 5.32 Å². The highest BCUT2D eigenvalue weighted by Gasteiger charge is 2.32. The average Bonchev–Trinajstić information content (AvgIpc) is 2.64. The van der Waals surface area contributed by atoms with E-state index in [1.807, 2.05) is 30.3 Å². The lowest BCUT2D eigenvalue weighted by Gasteiger charge is -2.08. The molecule has 0 atom stereocenters. The topological polar surface area (TPSA) is 29.1 Å². The molecule has 0 aromatic heterocycles. The molecule has 0 unspecified atom stereocenters. The lowest BCUT2D eigenvalue weighted by Crippen LogP contribution is -2.23. The Labute approximate surface area is 148 Å². The van der Waals surface area contributed by atoms with Crippen molar-refractivity contribution >= 4 is 16.7 Å². The van der Waals surface area contributed by atoms with Gasteiger partial charge in [0.2, 0.25) is 0 Å². The largest absolute Gasteiger partial charge is 0.417 e. The van der Waals surface area contributed by atoms with Crippen LogP contribution in [0.2, 0.25) is 0 Å². The number of amides is 1. The van der Waals surface area contributed by atoms with Crippen LogP contribution in [0, 0.1) is 11.8 Å². The van der Waals surface area contributed by atoms with Crippen molar-refractivity contribution in [1.29, 1.82) is 0 Å². The summed E-state index contributed by atoms with van der Waals surface area (Å²) in [6.45, 7) is -0.0474. The van der Waals surface area contributed by atoms with E-state index in [1.54, 1.807) is 12.1 Å². The standard InChI is InChI=1S/C21H14F3NO/c22-21(23,24)19-13-4-2-8-16(19)10-6-14-25-20(26)18-12-5-9-15-7-1-3-11-17(15)18/h1-5,7-9,11-13H,14H2,(H,25,26). The summed E-state index contributed by atoms with van der Waals surface area (Å²) >= 11 is 0. The lowest BCUT2D eigenvalue weighted by molar-refractivity contribution is -0.137. The highest BCUT2D eigenvalue weighted by molar-refractivity contribution is 6.07. The van der Waals surface area contributed by atoms with Crippen LogP contribution in [-0.4, -0.2) is 12.5 Å². The second kappa shape index (κ2) is 7.32. The van der Waals surface area contributed by atoms with Gasteiger partial charge in [-0.2, -0.15) is 13.2 Å². The van der Waals surface area contributed by atoms with Gasteiger partial charge >= 0.3 is 6.18 Å². The molecule has 0 heterocycles. The van der Waals surface area contributed by atoms with Crippen molar-refractivity contribution in [1.82, 2.24) is 5.32 Å². The second-order valence-electron chi connectivity index (χ2n) is 5.55. The first kappa shape index (κ1) is 17.6. The predicted molar refractivity (Wildman–Crippen MR) is 94.6 cm³/mol. The van der Waals surface area contributed by atoms with Crippen LogP contribution in [0.4, 0.5) is 13.2 Å². The Morgan fingerprint density at radius 3 is 2.42 bits per heavy atom. The van der Waals surface area contributed by atoms with Gasteiger partial charge in [0, 0.05) is 11.1 Å². The van der Waals surface area contributed by atoms with Crippen molar-refractivity contribution in [2.75, 3.05) is 6.54 Å². The number of carbonyl (C=O) groups is 1. The van der Waals surface area contributed by atoms with Crippen LogP contribution in [-0.2, 0) is 6.18 Å². The van der Waals surface area contributed by atoms with E-state index >= 15 is 0 Å². The highest BCUT2D eigenvalue weighted by atomic mass is 19.4. The van der Waals surface area contributed by atoms with Gasteiger partial charge in [-0.25, -0.2) is 0 Å². The maximum absolute atomic E-state index is 12.9. The Kier molecular flexibility index (Phi) is 4.94. The fourth-order valence-corrected chi connectivity index (χ4v) is 2.62. The van der Waals surface area contributed by atoms with E-state index < -0.39 is 11.7 Å². The van der Waals surface area contributed by atoms with E-state index in [-0.39, 0.29) is 18.0 Å². The molecule has 1 N–H and O–H groups in total. The molecule has 0 bridgehead atoms. The van der Waals surface area contributed by atoms with Gasteiger partial charge in [0.05, 0.1) is 12.1 Å². The lowest BCUT2D eigenvalue weighted by atomic mass is 10.0. The number of hydrogen-bond acceptors (Lipinski definition) is 1. The normalized spacial score (nSPS) is 10.9. The summed E-state index contributed by atoms with van der Waals surface area (Å²) in [7, 11) is 0. The van der Waals surface area contributed by atoms with Crippen molar-refractivity contribution in [3.63, 3.8) is 0 Å². The summed E-state index contributed by atoms with van der Waals surface area (Å²) in [6, 6.07) is 18.0. The molecule has 3 rings (SSSR count). The number of nitrogens with one attached hydrogen (secondary N) is 1. The van der Waals surface area contributed by atoms with Crippen LogP contribution in [0.25, 0.3) is 10.8 Å². The molecule has 0 spiro atoms. The summed E-state index contributed by atoms with van der Waals surface area (Å²) in [5.74, 6) is 4.74. The maximum atomic E-state index is 12.9. The summed E-state index contributed by atoms with van der Waals surface area (Å²) < 4.78 is 38.8. The summed E-state index contributed by atoms with van der Waals surface area (Å²) in [5.41, 5.74) is -0.395. The van der Waals surface area contributed by atoms with Gasteiger partial charge in [-0.1, -0.05) is 60.4 Å². The number of carbonyl (C=O) groups excluding carboxylic acids is 1. The number of fused-ring (bicyclic) bond motifs is 1. The minimum absolute atomic E-state index is 0.0474. The number of hydrogen-bond donors (Lipinski definition) is 1. The molecule has 0 aliphatic carbocycles. The molecule has 2 nitrogen and oxygen atoms in total. The Morgan fingerprint density at radius 1 is 0.923 bits per heavy atom. The van der Waals surface area contributed by atoms with Gasteiger partial charge in [0.15, 0.2) is 0 Å². The summed E-state index contributed by atoms with van der Waals surface area (Å²) in [6.07, 6.45) is -4.46. The zero-order valence-corrected chi connectivity index (χ0v) is 13.6. The minimum Gasteiger partial charge on any atom is -0.341 e. The van der Waals surface area contributed by atoms with Crippen LogP contribution in [0.1, 0.15) is 21.5 Å². The highest BCUT2D eigenvalue weighted by Crippen LogP contribution is 2.31. The zero-order chi connectivity index (χ0) is 18.6. The predicted octanol–water partition coefficient (Wildman–Crippen LogP) is 4.64. The van der Waals surface area contributed by atoms with Crippen molar-refractivity contribution in [2.45, 2.75) is 6.18 Å². The fourth-order valence-electron chi connectivity index (χ4n) is 2.62. The summed E-state index contributed by atoms with van der Waals surface area (Å²) in [5, 5.41) is 4.37. The Morgan fingerprint density at radius 2 is 1.62 bits per heavy atom. The van der Waals surface area contributed by atoms with Crippen LogP contribution in [0.5, 0.6) is 0 Å².